The van der Waals surface area contributed by atoms with E-state index in [2.05, 4.69) is 26.0 Å². The lowest BCUT2D eigenvalue weighted by Crippen LogP contribution is -2.50. The molecule has 5 nitrogen and oxygen atoms in total. The van der Waals surface area contributed by atoms with Crippen molar-refractivity contribution in [3.63, 3.8) is 0 Å². The second-order valence-corrected chi connectivity index (χ2v) is 5.76. The molecule has 21 heavy (non-hydrogen) atoms. The minimum atomic E-state index is -1.16. The molecule has 0 saturated heterocycles. The fourth-order valence-electron chi connectivity index (χ4n) is 1.64. The maximum absolute atomic E-state index is 12.2. The van der Waals surface area contributed by atoms with E-state index in [0.29, 0.717) is 5.56 Å². The van der Waals surface area contributed by atoms with Gasteiger partial charge in [-0.1, -0.05) is 35.0 Å². The first-order chi connectivity index (χ1) is 9.28. The number of methoxy groups -OCH3 is 1. The molecule has 0 fully saturated rings. The van der Waals surface area contributed by atoms with E-state index < -0.39 is 11.5 Å². The molecule has 1 aromatic carbocycles. The molecular formula is C14H20BrClN2O3. The van der Waals surface area contributed by atoms with Crippen LogP contribution in [0.15, 0.2) is 28.7 Å². The van der Waals surface area contributed by atoms with E-state index in [0.717, 1.165) is 4.47 Å². The van der Waals surface area contributed by atoms with Crippen LogP contribution in [0.25, 0.3) is 0 Å². The van der Waals surface area contributed by atoms with Gasteiger partial charge in [-0.2, -0.15) is 0 Å². The fourth-order valence-corrected chi connectivity index (χ4v) is 1.91. The molecule has 2 atom stereocenters. The highest BCUT2D eigenvalue weighted by Crippen LogP contribution is 2.20. The molecule has 1 aromatic rings. The zero-order chi connectivity index (χ0) is 15.3. The molecule has 1 rings (SSSR count). The summed E-state index contributed by atoms with van der Waals surface area (Å²) in [5.41, 5.74) is 5.62. The smallest absolute Gasteiger partial charge is 0.310 e. The van der Waals surface area contributed by atoms with Gasteiger partial charge in [0.2, 0.25) is 5.91 Å². The second kappa shape index (κ2) is 8.36. The Morgan fingerprint density at radius 2 is 1.90 bits per heavy atom. The first-order valence-corrected chi connectivity index (χ1v) is 6.99. The SMILES string of the molecule is COC(=O)C(C)CNC(=O)C(C)(N)c1ccc(Br)cc1.Cl. The van der Waals surface area contributed by atoms with Crippen molar-refractivity contribution >= 4 is 40.2 Å². The number of nitrogens with two attached hydrogens (primary N) is 1. The van der Waals surface area contributed by atoms with Crippen LogP contribution >= 0.6 is 28.3 Å². The molecule has 0 saturated carbocycles. The van der Waals surface area contributed by atoms with Crippen molar-refractivity contribution in [2.45, 2.75) is 19.4 Å². The highest BCUT2D eigenvalue weighted by Gasteiger charge is 2.30. The highest BCUT2D eigenvalue weighted by atomic mass is 79.9. The van der Waals surface area contributed by atoms with Crippen LogP contribution in [0.2, 0.25) is 0 Å². The van der Waals surface area contributed by atoms with Gasteiger partial charge in [-0.05, 0) is 24.6 Å². The van der Waals surface area contributed by atoms with Crippen molar-refractivity contribution in [2.24, 2.45) is 11.7 Å². The number of esters is 1. The molecule has 0 aliphatic carbocycles. The van der Waals surface area contributed by atoms with E-state index in [1.807, 2.05) is 12.1 Å². The third-order valence-electron chi connectivity index (χ3n) is 3.09. The minimum absolute atomic E-state index is 0. The first kappa shape index (κ1) is 19.9. The summed E-state index contributed by atoms with van der Waals surface area (Å²) in [6.45, 7) is 3.50. The molecule has 0 spiro atoms. The standard InChI is InChI=1S/C14H19BrN2O3.ClH/c1-9(12(18)20-3)8-17-13(19)14(2,16)10-4-6-11(15)7-5-10;/h4-7,9H,8,16H2,1-3H3,(H,17,19);1H. The normalized spacial score (nSPS) is 14.3. The Kier molecular flexibility index (Phi) is 7.92. The van der Waals surface area contributed by atoms with Crippen molar-refractivity contribution < 1.29 is 14.3 Å². The van der Waals surface area contributed by atoms with Crippen LogP contribution in [0.4, 0.5) is 0 Å². The van der Waals surface area contributed by atoms with Gasteiger partial charge >= 0.3 is 5.97 Å². The van der Waals surface area contributed by atoms with Crippen LogP contribution in [0.1, 0.15) is 19.4 Å². The van der Waals surface area contributed by atoms with Crippen molar-refractivity contribution in [1.29, 1.82) is 0 Å². The summed E-state index contributed by atoms with van der Waals surface area (Å²) in [7, 11) is 1.32. The number of carbonyl (C=O) groups excluding carboxylic acids is 2. The molecule has 7 heteroatoms. The summed E-state index contributed by atoms with van der Waals surface area (Å²) >= 11 is 3.33. The second-order valence-electron chi connectivity index (χ2n) is 4.84. The maximum Gasteiger partial charge on any atom is 0.310 e. The van der Waals surface area contributed by atoms with Gasteiger partial charge in [0.05, 0.1) is 13.0 Å². The lowest BCUT2D eigenvalue weighted by Gasteiger charge is -2.25. The number of ether oxygens (including phenoxy) is 1. The number of hydrogen-bond acceptors (Lipinski definition) is 4. The number of benzene rings is 1. The van der Waals surface area contributed by atoms with Gasteiger partial charge < -0.3 is 15.8 Å². The molecule has 1 amide bonds. The predicted octanol–water partition coefficient (Wildman–Crippen LogP) is 1.97. The molecule has 2 unspecified atom stereocenters. The summed E-state index contributed by atoms with van der Waals surface area (Å²) in [5.74, 6) is -1.12. The summed E-state index contributed by atoms with van der Waals surface area (Å²) < 4.78 is 5.51. The molecule has 0 aliphatic heterocycles. The van der Waals surface area contributed by atoms with Crippen LogP contribution in [-0.4, -0.2) is 25.5 Å². The molecule has 0 aromatic heterocycles. The van der Waals surface area contributed by atoms with Gasteiger partial charge in [-0.15, -0.1) is 12.4 Å². The number of halogens is 2. The van der Waals surface area contributed by atoms with Crippen LogP contribution in [-0.2, 0) is 19.9 Å². The molecule has 118 valence electrons. The third kappa shape index (κ3) is 5.30. The Bertz CT molecular complexity index is 491. The first-order valence-electron chi connectivity index (χ1n) is 6.20. The summed E-state index contributed by atoms with van der Waals surface area (Å²) in [6, 6.07) is 7.22. The van der Waals surface area contributed by atoms with E-state index in [-0.39, 0.29) is 30.8 Å². The number of rotatable bonds is 5. The predicted molar refractivity (Wildman–Crippen MR) is 87.1 cm³/mol. The topological polar surface area (TPSA) is 81.4 Å². The van der Waals surface area contributed by atoms with Gasteiger partial charge in [0.1, 0.15) is 5.54 Å². The number of carbonyl (C=O) groups is 2. The van der Waals surface area contributed by atoms with Crippen LogP contribution in [0.5, 0.6) is 0 Å². The van der Waals surface area contributed by atoms with Crippen molar-refractivity contribution in [3.8, 4) is 0 Å². The van der Waals surface area contributed by atoms with E-state index in [4.69, 9.17) is 5.73 Å². The van der Waals surface area contributed by atoms with Gasteiger partial charge in [-0.25, -0.2) is 0 Å². The van der Waals surface area contributed by atoms with Gasteiger partial charge in [-0.3, -0.25) is 9.59 Å². The van der Waals surface area contributed by atoms with Crippen LogP contribution < -0.4 is 11.1 Å². The Labute approximate surface area is 139 Å². The Balaban J connectivity index is 0.00000400. The minimum Gasteiger partial charge on any atom is -0.469 e. The molecule has 0 aliphatic rings. The zero-order valence-electron chi connectivity index (χ0n) is 12.2. The van der Waals surface area contributed by atoms with Crippen LogP contribution in [0.3, 0.4) is 0 Å². The van der Waals surface area contributed by atoms with E-state index in [1.54, 1.807) is 26.0 Å². The fraction of sp³-hybridized carbons (Fsp3) is 0.429. The molecular weight excluding hydrogens is 360 g/mol. The van der Waals surface area contributed by atoms with E-state index >= 15 is 0 Å². The van der Waals surface area contributed by atoms with Gasteiger partial charge in [0, 0.05) is 11.0 Å². The Morgan fingerprint density at radius 3 is 2.38 bits per heavy atom. The largest absolute Gasteiger partial charge is 0.469 e. The zero-order valence-corrected chi connectivity index (χ0v) is 14.6. The summed E-state index contributed by atoms with van der Waals surface area (Å²) in [5, 5.41) is 2.67. The summed E-state index contributed by atoms with van der Waals surface area (Å²) in [4.78, 5) is 23.4. The number of nitrogens with one attached hydrogen (secondary N) is 1. The lowest BCUT2D eigenvalue weighted by molar-refractivity contribution is -0.144. The molecule has 3 N–H and O–H groups in total. The number of amides is 1. The average molecular weight is 380 g/mol. The summed E-state index contributed by atoms with van der Waals surface area (Å²) in [6.07, 6.45) is 0. The number of hydrogen-bond donors (Lipinski definition) is 2. The Hall–Kier alpha value is -1.11. The van der Waals surface area contributed by atoms with Crippen molar-refractivity contribution in [3.05, 3.63) is 34.3 Å². The van der Waals surface area contributed by atoms with Gasteiger partial charge in [0.15, 0.2) is 0 Å². The lowest BCUT2D eigenvalue weighted by atomic mass is 9.92. The maximum atomic E-state index is 12.2. The van der Waals surface area contributed by atoms with Crippen molar-refractivity contribution in [1.82, 2.24) is 5.32 Å². The van der Waals surface area contributed by atoms with E-state index in [9.17, 15) is 9.59 Å². The van der Waals surface area contributed by atoms with Crippen LogP contribution in [0, 0.1) is 5.92 Å². The monoisotopic (exact) mass is 378 g/mol. The third-order valence-corrected chi connectivity index (χ3v) is 3.62. The average Bonchev–Trinajstić information content (AvgIpc) is 2.43. The molecule has 0 bridgehead atoms. The van der Waals surface area contributed by atoms with Crippen molar-refractivity contribution in [2.75, 3.05) is 13.7 Å². The van der Waals surface area contributed by atoms with E-state index in [1.165, 1.54) is 7.11 Å². The Morgan fingerprint density at radius 1 is 1.38 bits per heavy atom. The molecule has 0 radical (unpaired) electrons. The van der Waals surface area contributed by atoms with Gasteiger partial charge in [0.25, 0.3) is 0 Å². The quantitative estimate of drug-likeness (QED) is 0.766. The molecule has 0 heterocycles. The highest BCUT2D eigenvalue weighted by molar-refractivity contribution is 9.10.